The molecule has 2 heterocycles. The summed E-state index contributed by atoms with van der Waals surface area (Å²) in [5, 5.41) is 0. The Morgan fingerprint density at radius 3 is 1.78 bits per heavy atom. The quantitative estimate of drug-likeness (QED) is 0.814. The molecule has 0 bridgehead atoms. The molecular formula is C20H18F2N2O3. The number of hydrogen-bond acceptors (Lipinski definition) is 3. The van der Waals surface area contributed by atoms with Crippen molar-refractivity contribution in [2.45, 2.75) is 18.8 Å². The van der Waals surface area contributed by atoms with Gasteiger partial charge in [0.2, 0.25) is 5.91 Å². The van der Waals surface area contributed by atoms with Gasteiger partial charge in [-0.05, 0) is 42.3 Å². The second-order valence-electron chi connectivity index (χ2n) is 7.13. The zero-order valence-electron chi connectivity index (χ0n) is 15.1. The van der Waals surface area contributed by atoms with E-state index >= 15 is 0 Å². The number of benzene rings is 2. The smallest absolute Gasteiger partial charge is 0.328 e. The third-order valence-corrected chi connectivity index (χ3v) is 5.70. The summed E-state index contributed by atoms with van der Waals surface area (Å²) >= 11 is 0. The number of hydrogen-bond donors (Lipinski definition) is 0. The number of ether oxygens (including phenoxy) is 1. The normalized spacial score (nSPS) is 26.6. The number of carbonyl (C=O) groups is 2. The number of fused-ring (bicyclic) bond motifs is 1. The second-order valence-corrected chi connectivity index (χ2v) is 7.13. The fourth-order valence-corrected chi connectivity index (χ4v) is 4.29. The highest BCUT2D eigenvalue weighted by Gasteiger charge is 2.75. The van der Waals surface area contributed by atoms with Gasteiger partial charge in [-0.3, -0.25) is 9.69 Å². The molecule has 2 aliphatic rings. The van der Waals surface area contributed by atoms with E-state index in [4.69, 9.17) is 4.74 Å². The lowest BCUT2D eigenvalue weighted by Crippen LogP contribution is -2.80. The van der Waals surface area contributed by atoms with Crippen LogP contribution in [0.15, 0.2) is 48.5 Å². The van der Waals surface area contributed by atoms with E-state index in [-0.39, 0.29) is 0 Å². The summed E-state index contributed by atoms with van der Waals surface area (Å²) in [6, 6.07) is 10.9. The summed E-state index contributed by atoms with van der Waals surface area (Å²) in [6.45, 7) is 1.72. The van der Waals surface area contributed by atoms with Crippen LogP contribution in [-0.2, 0) is 15.1 Å². The standard InChI is InChI=1S/C20H18F2N2O3/c1-19-16(25)23(2)18(26)24(3)17(19)27-20(19,12-4-8-14(21)9-5-12)13-6-10-15(22)11-7-13/h4-11,17H,1-3H3/t17-,19-/m0/s1. The minimum Gasteiger partial charge on any atom is -0.340 e. The molecule has 4 rings (SSSR count). The number of rotatable bonds is 2. The maximum Gasteiger partial charge on any atom is 0.328 e. The van der Waals surface area contributed by atoms with Crippen LogP contribution in [0.1, 0.15) is 18.1 Å². The fraction of sp³-hybridized carbons (Fsp3) is 0.300. The number of nitrogens with zero attached hydrogens (tertiary/aromatic N) is 2. The summed E-state index contributed by atoms with van der Waals surface area (Å²) in [6.07, 6.45) is -0.788. The molecule has 5 nitrogen and oxygen atoms in total. The lowest BCUT2D eigenvalue weighted by Gasteiger charge is -2.65. The Kier molecular flexibility index (Phi) is 3.65. The first-order valence-electron chi connectivity index (χ1n) is 8.48. The van der Waals surface area contributed by atoms with Crippen molar-refractivity contribution >= 4 is 11.9 Å². The first kappa shape index (κ1) is 17.6. The monoisotopic (exact) mass is 372 g/mol. The molecule has 3 amide bonds. The van der Waals surface area contributed by atoms with Crippen LogP contribution in [0.4, 0.5) is 13.6 Å². The summed E-state index contributed by atoms with van der Waals surface area (Å²) < 4.78 is 33.2. The van der Waals surface area contributed by atoms with Crippen molar-refractivity contribution in [2.24, 2.45) is 5.41 Å². The highest BCUT2D eigenvalue weighted by Crippen LogP contribution is 2.62. The average Bonchev–Trinajstić information content (AvgIpc) is 2.66. The maximum absolute atomic E-state index is 13.5. The van der Waals surface area contributed by atoms with Crippen LogP contribution >= 0.6 is 0 Å². The van der Waals surface area contributed by atoms with E-state index in [1.165, 1.54) is 36.2 Å². The first-order valence-corrected chi connectivity index (χ1v) is 8.48. The molecular weight excluding hydrogens is 354 g/mol. The van der Waals surface area contributed by atoms with Crippen LogP contribution in [-0.4, -0.2) is 42.1 Å². The van der Waals surface area contributed by atoms with Crippen LogP contribution in [0.5, 0.6) is 0 Å². The van der Waals surface area contributed by atoms with Crippen LogP contribution in [0, 0.1) is 17.0 Å². The van der Waals surface area contributed by atoms with Crippen molar-refractivity contribution in [3.05, 3.63) is 71.3 Å². The second kappa shape index (κ2) is 5.60. The lowest BCUT2D eigenvalue weighted by atomic mass is 9.58. The number of amides is 3. The van der Waals surface area contributed by atoms with Gasteiger partial charge in [0.25, 0.3) is 0 Å². The lowest BCUT2D eigenvalue weighted by molar-refractivity contribution is -0.332. The van der Waals surface area contributed by atoms with E-state index in [0.29, 0.717) is 11.1 Å². The molecule has 140 valence electrons. The number of halogens is 2. The van der Waals surface area contributed by atoms with E-state index in [1.54, 1.807) is 38.2 Å². The highest BCUT2D eigenvalue weighted by atomic mass is 19.1. The van der Waals surface area contributed by atoms with Gasteiger partial charge in [-0.2, -0.15) is 0 Å². The topological polar surface area (TPSA) is 49.9 Å². The third-order valence-electron chi connectivity index (χ3n) is 5.70. The minimum atomic E-state index is -1.28. The minimum absolute atomic E-state index is 0.407. The summed E-state index contributed by atoms with van der Waals surface area (Å²) in [5.74, 6) is -1.25. The van der Waals surface area contributed by atoms with E-state index in [9.17, 15) is 18.4 Å². The zero-order valence-corrected chi connectivity index (χ0v) is 15.1. The molecule has 2 aromatic carbocycles. The van der Waals surface area contributed by atoms with Crippen LogP contribution in [0.2, 0.25) is 0 Å². The Hall–Kier alpha value is -2.80. The van der Waals surface area contributed by atoms with Crippen LogP contribution < -0.4 is 0 Å². The van der Waals surface area contributed by atoms with E-state index < -0.39 is 40.8 Å². The summed E-state index contributed by atoms with van der Waals surface area (Å²) in [7, 11) is 2.98. The Morgan fingerprint density at radius 1 is 0.889 bits per heavy atom. The number of urea groups is 1. The highest BCUT2D eigenvalue weighted by molar-refractivity contribution is 6.02. The molecule has 7 heteroatoms. The summed E-state index contributed by atoms with van der Waals surface area (Å²) in [4.78, 5) is 27.9. The largest absolute Gasteiger partial charge is 0.340 e. The van der Waals surface area contributed by atoms with Gasteiger partial charge in [0, 0.05) is 14.1 Å². The predicted octanol–water partition coefficient (Wildman–Crippen LogP) is 3.09. The van der Waals surface area contributed by atoms with Crippen molar-refractivity contribution in [1.29, 1.82) is 0 Å². The Bertz CT molecular complexity index is 884. The van der Waals surface area contributed by atoms with Crippen molar-refractivity contribution in [2.75, 3.05) is 14.1 Å². The third kappa shape index (κ3) is 2.06. The molecule has 27 heavy (non-hydrogen) atoms. The van der Waals surface area contributed by atoms with E-state index in [2.05, 4.69) is 0 Å². The van der Waals surface area contributed by atoms with Gasteiger partial charge in [0.1, 0.15) is 22.7 Å². The Balaban J connectivity index is 1.95. The molecule has 0 saturated carbocycles. The summed E-state index contributed by atoms with van der Waals surface area (Å²) in [5.41, 5.74) is -1.34. The SMILES string of the molecule is CN1C(=O)N(C)[C@H]2OC(c3ccc(F)cc3)(c3ccc(F)cc3)[C@@]2(C)C1=O. The van der Waals surface area contributed by atoms with Crippen LogP contribution in [0.3, 0.4) is 0 Å². The Labute approximate surface area is 155 Å². The molecule has 0 aliphatic carbocycles. The maximum atomic E-state index is 13.5. The molecule has 0 aromatic heterocycles. The zero-order chi connectivity index (χ0) is 19.6. The molecule has 0 N–H and O–H groups in total. The van der Waals surface area contributed by atoms with E-state index in [1.807, 2.05) is 0 Å². The molecule has 2 aromatic rings. The number of imide groups is 1. The first-order chi connectivity index (χ1) is 12.7. The molecule has 2 aliphatic heterocycles. The van der Waals surface area contributed by atoms with Gasteiger partial charge in [-0.1, -0.05) is 24.3 Å². The predicted molar refractivity (Wildman–Crippen MR) is 92.5 cm³/mol. The molecule has 0 radical (unpaired) electrons. The molecule has 2 saturated heterocycles. The van der Waals surface area contributed by atoms with Gasteiger partial charge < -0.3 is 9.64 Å². The van der Waals surface area contributed by atoms with Crippen molar-refractivity contribution in [1.82, 2.24) is 9.80 Å². The van der Waals surface area contributed by atoms with Crippen molar-refractivity contribution in [3.8, 4) is 0 Å². The van der Waals surface area contributed by atoms with Gasteiger partial charge in [-0.15, -0.1) is 0 Å². The van der Waals surface area contributed by atoms with Crippen molar-refractivity contribution < 1.29 is 23.1 Å². The van der Waals surface area contributed by atoms with Gasteiger partial charge in [0.15, 0.2) is 6.23 Å². The van der Waals surface area contributed by atoms with E-state index in [0.717, 1.165) is 4.90 Å². The molecule has 0 spiro atoms. The van der Waals surface area contributed by atoms with Gasteiger partial charge >= 0.3 is 6.03 Å². The molecule has 2 atom stereocenters. The van der Waals surface area contributed by atoms with Gasteiger partial charge in [0.05, 0.1) is 0 Å². The van der Waals surface area contributed by atoms with Crippen molar-refractivity contribution in [3.63, 3.8) is 0 Å². The Morgan fingerprint density at radius 2 is 1.33 bits per heavy atom. The van der Waals surface area contributed by atoms with Crippen LogP contribution in [0.25, 0.3) is 0 Å². The van der Waals surface area contributed by atoms with Gasteiger partial charge in [-0.25, -0.2) is 13.6 Å². The number of carbonyl (C=O) groups excluding carboxylic acids is 2. The molecule has 2 fully saturated rings. The molecule has 0 unspecified atom stereocenters. The average molecular weight is 372 g/mol. The fourth-order valence-electron chi connectivity index (χ4n) is 4.29.